The fourth-order valence-electron chi connectivity index (χ4n) is 4.15. The molecule has 29 heavy (non-hydrogen) atoms. The first kappa shape index (κ1) is 21.2. The third-order valence-corrected chi connectivity index (χ3v) is 5.25. The van der Waals surface area contributed by atoms with Crippen molar-refractivity contribution in [2.24, 2.45) is 7.05 Å². The smallest absolute Gasteiger partial charge is 0.331 e. The first-order chi connectivity index (χ1) is 13.8. The molecule has 0 N–H and O–H groups in total. The number of ether oxygens (including phenoxy) is 1. The van der Waals surface area contributed by atoms with E-state index in [0.29, 0.717) is 0 Å². The Hall–Kier alpha value is -2.55. The van der Waals surface area contributed by atoms with Gasteiger partial charge in [-0.25, -0.2) is 4.79 Å². The number of para-hydroxylation sites is 1. The summed E-state index contributed by atoms with van der Waals surface area (Å²) in [4.78, 5) is 12.3. The van der Waals surface area contributed by atoms with Crippen LogP contribution < -0.4 is 0 Å². The predicted molar refractivity (Wildman–Crippen MR) is 123 cm³/mol. The van der Waals surface area contributed by atoms with Gasteiger partial charge in [-0.1, -0.05) is 44.9 Å². The molecule has 0 aliphatic heterocycles. The molecule has 0 aliphatic rings. The molecule has 0 unspecified atom stereocenters. The molecule has 0 saturated heterocycles. The topological polar surface area (TPSA) is 31.2 Å². The lowest BCUT2D eigenvalue weighted by atomic mass is 9.90. The molecule has 0 fully saturated rings. The average molecular weight is 392 g/mol. The van der Waals surface area contributed by atoms with E-state index in [1.165, 1.54) is 38.5 Å². The van der Waals surface area contributed by atoms with Gasteiger partial charge >= 0.3 is 5.97 Å². The molecule has 3 heteroatoms. The zero-order valence-electron chi connectivity index (χ0n) is 18.6. The summed E-state index contributed by atoms with van der Waals surface area (Å²) in [6.45, 7) is 10.1. The molecule has 0 radical (unpaired) electrons. The summed E-state index contributed by atoms with van der Waals surface area (Å²) in [5, 5.41) is 2.59. The molecule has 0 saturated carbocycles. The van der Waals surface area contributed by atoms with Gasteiger partial charge in [0, 0.05) is 34.9 Å². The second-order valence-corrected chi connectivity index (χ2v) is 8.77. The molecule has 1 aromatic heterocycles. The van der Waals surface area contributed by atoms with Crippen LogP contribution in [0.25, 0.3) is 27.9 Å². The summed E-state index contributed by atoms with van der Waals surface area (Å²) >= 11 is 0. The molecular weight excluding hydrogens is 358 g/mol. The van der Waals surface area contributed by atoms with Crippen molar-refractivity contribution >= 4 is 33.9 Å². The monoisotopic (exact) mass is 391 g/mol. The molecule has 2 aromatic carbocycles. The fourth-order valence-corrected chi connectivity index (χ4v) is 4.15. The Labute approximate surface area is 174 Å². The van der Waals surface area contributed by atoms with Crippen LogP contribution >= 0.6 is 0 Å². The molecule has 0 amide bonds. The first-order valence-electron chi connectivity index (χ1n) is 10.7. The number of fused-ring (bicyclic) bond motifs is 3. The second kappa shape index (κ2) is 8.44. The van der Waals surface area contributed by atoms with Gasteiger partial charge in [-0.3, -0.25) is 0 Å². The standard InChI is InChI=1S/C26H33NO2/c1-7-11-18-17-23-25(21-13-9-10-14-22(21)27(23)6)20(12-8-2)19(18)15-16-24(28)29-26(3,4)5/h9-10,13-17H,7-8,11-12H2,1-6H3. The molecule has 0 aliphatic carbocycles. The van der Waals surface area contributed by atoms with Crippen LogP contribution in [0.1, 0.15) is 64.2 Å². The van der Waals surface area contributed by atoms with Crippen molar-refractivity contribution in [1.82, 2.24) is 4.57 Å². The van der Waals surface area contributed by atoms with Crippen LogP contribution in [0.5, 0.6) is 0 Å². The minimum absolute atomic E-state index is 0.291. The number of hydrogen-bond donors (Lipinski definition) is 0. The van der Waals surface area contributed by atoms with Crippen molar-refractivity contribution in [1.29, 1.82) is 0 Å². The summed E-state index contributed by atoms with van der Waals surface area (Å²) in [5.41, 5.74) is 5.85. The van der Waals surface area contributed by atoms with Crippen LogP contribution in [0.3, 0.4) is 0 Å². The lowest BCUT2D eigenvalue weighted by Crippen LogP contribution is -2.22. The molecule has 3 aromatic rings. The molecule has 1 heterocycles. The van der Waals surface area contributed by atoms with E-state index in [4.69, 9.17) is 4.74 Å². The lowest BCUT2D eigenvalue weighted by Gasteiger charge is -2.18. The number of carbonyl (C=O) groups is 1. The van der Waals surface area contributed by atoms with Crippen LogP contribution in [0.4, 0.5) is 0 Å². The predicted octanol–water partition coefficient (Wildman–Crippen LogP) is 6.59. The molecule has 154 valence electrons. The molecule has 0 atom stereocenters. The summed E-state index contributed by atoms with van der Waals surface area (Å²) in [5.74, 6) is -0.291. The van der Waals surface area contributed by atoms with E-state index in [-0.39, 0.29) is 5.97 Å². The number of aromatic nitrogens is 1. The van der Waals surface area contributed by atoms with Gasteiger partial charge in [0.05, 0.1) is 0 Å². The Bertz CT molecular complexity index is 1060. The number of benzene rings is 2. The molecule has 3 nitrogen and oxygen atoms in total. The van der Waals surface area contributed by atoms with Gasteiger partial charge in [0.25, 0.3) is 0 Å². The number of rotatable bonds is 6. The van der Waals surface area contributed by atoms with E-state index in [2.05, 4.69) is 55.8 Å². The second-order valence-electron chi connectivity index (χ2n) is 8.77. The lowest BCUT2D eigenvalue weighted by molar-refractivity contribution is -0.148. The van der Waals surface area contributed by atoms with Crippen LogP contribution in [0, 0.1) is 0 Å². The highest BCUT2D eigenvalue weighted by molar-refractivity contribution is 6.11. The largest absolute Gasteiger partial charge is 0.457 e. The quantitative estimate of drug-likeness (QED) is 0.350. The summed E-state index contributed by atoms with van der Waals surface area (Å²) in [6.07, 6.45) is 7.66. The summed E-state index contributed by atoms with van der Waals surface area (Å²) in [6, 6.07) is 10.9. The minimum atomic E-state index is -0.487. The van der Waals surface area contributed by atoms with E-state index >= 15 is 0 Å². The Morgan fingerprint density at radius 3 is 2.41 bits per heavy atom. The Morgan fingerprint density at radius 2 is 1.76 bits per heavy atom. The maximum Gasteiger partial charge on any atom is 0.331 e. The zero-order chi connectivity index (χ0) is 21.2. The Balaban J connectivity index is 2.26. The highest BCUT2D eigenvalue weighted by Gasteiger charge is 2.18. The van der Waals surface area contributed by atoms with Gasteiger partial charge in [0.2, 0.25) is 0 Å². The molecular formula is C26H33NO2. The van der Waals surface area contributed by atoms with Crippen molar-refractivity contribution in [3.63, 3.8) is 0 Å². The molecule has 3 rings (SSSR count). The van der Waals surface area contributed by atoms with Crippen molar-refractivity contribution in [2.75, 3.05) is 0 Å². The van der Waals surface area contributed by atoms with Gasteiger partial charge in [-0.05, 0) is 68.5 Å². The molecule has 0 spiro atoms. The van der Waals surface area contributed by atoms with Crippen LogP contribution in [0.15, 0.2) is 36.4 Å². The van der Waals surface area contributed by atoms with Gasteiger partial charge < -0.3 is 9.30 Å². The van der Waals surface area contributed by atoms with E-state index in [9.17, 15) is 4.79 Å². The maximum absolute atomic E-state index is 12.3. The number of carbonyl (C=O) groups excluding carboxylic acids is 1. The number of esters is 1. The van der Waals surface area contributed by atoms with Crippen molar-refractivity contribution in [3.05, 3.63) is 53.1 Å². The van der Waals surface area contributed by atoms with Gasteiger partial charge in [0.1, 0.15) is 5.60 Å². The number of nitrogens with zero attached hydrogens (tertiary/aromatic N) is 1. The van der Waals surface area contributed by atoms with Gasteiger partial charge in [0.15, 0.2) is 0 Å². The maximum atomic E-state index is 12.3. The van der Waals surface area contributed by atoms with Crippen molar-refractivity contribution in [3.8, 4) is 0 Å². The van der Waals surface area contributed by atoms with Crippen LogP contribution in [0.2, 0.25) is 0 Å². The number of aryl methyl sites for hydroxylation is 3. The summed E-state index contributed by atoms with van der Waals surface area (Å²) in [7, 11) is 2.15. The third-order valence-electron chi connectivity index (χ3n) is 5.25. The van der Waals surface area contributed by atoms with Crippen molar-refractivity contribution in [2.45, 2.75) is 65.9 Å². The molecule has 0 bridgehead atoms. The van der Waals surface area contributed by atoms with E-state index in [1.54, 1.807) is 6.08 Å². The fraction of sp³-hybridized carbons (Fsp3) is 0.423. The normalized spacial score (nSPS) is 12.3. The average Bonchev–Trinajstić information content (AvgIpc) is 2.93. The number of hydrogen-bond acceptors (Lipinski definition) is 2. The minimum Gasteiger partial charge on any atom is -0.457 e. The Kier molecular flexibility index (Phi) is 6.16. The van der Waals surface area contributed by atoms with E-state index in [1.807, 2.05) is 26.8 Å². The van der Waals surface area contributed by atoms with Gasteiger partial charge in [-0.15, -0.1) is 0 Å². The van der Waals surface area contributed by atoms with E-state index < -0.39 is 5.60 Å². The van der Waals surface area contributed by atoms with Crippen LogP contribution in [-0.2, 0) is 29.4 Å². The summed E-state index contributed by atoms with van der Waals surface area (Å²) < 4.78 is 7.79. The third kappa shape index (κ3) is 4.39. The highest BCUT2D eigenvalue weighted by atomic mass is 16.6. The van der Waals surface area contributed by atoms with Crippen LogP contribution in [-0.4, -0.2) is 16.1 Å². The highest BCUT2D eigenvalue weighted by Crippen LogP contribution is 2.36. The van der Waals surface area contributed by atoms with Gasteiger partial charge in [-0.2, -0.15) is 0 Å². The zero-order valence-corrected chi connectivity index (χ0v) is 18.6. The van der Waals surface area contributed by atoms with Crippen molar-refractivity contribution < 1.29 is 9.53 Å². The SMILES string of the molecule is CCCc1cc2c(c(CCC)c1C=CC(=O)OC(C)(C)C)c1ccccc1n2C. The first-order valence-corrected chi connectivity index (χ1v) is 10.7. The van der Waals surface area contributed by atoms with E-state index in [0.717, 1.165) is 25.7 Å². The Morgan fingerprint density at radius 1 is 1.07 bits per heavy atom.